The second-order valence-electron chi connectivity index (χ2n) is 8.69. The summed E-state index contributed by atoms with van der Waals surface area (Å²) >= 11 is 0. The van der Waals surface area contributed by atoms with E-state index in [-0.39, 0.29) is 31.2 Å². The number of rotatable bonds is 3. The van der Waals surface area contributed by atoms with Crippen LogP contribution in [0.4, 0.5) is 4.39 Å². The predicted molar refractivity (Wildman–Crippen MR) is 121 cm³/mol. The molecule has 1 amide bonds. The number of sulfonamides is 1. The number of carbonyl (C=O) groups is 1. The fourth-order valence-corrected chi connectivity index (χ4v) is 5.45. The summed E-state index contributed by atoms with van der Waals surface area (Å²) in [4.78, 5) is 14.8. The van der Waals surface area contributed by atoms with Crippen molar-refractivity contribution in [3.05, 3.63) is 53.8 Å². The van der Waals surface area contributed by atoms with Gasteiger partial charge in [-0.15, -0.1) is 0 Å². The molecule has 0 saturated carbocycles. The van der Waals surface area contributed by atoms with E-state index in [2.05, 4.69) is 4.72 Å². The molecule has 1 unspecified atom stereocenters. The van der Waals surface area contributed by atoms with Gasteiger partial charge in [0.1, 0.15) is 11.6 Å². The van der Waals surface area contributed by atoms with Crippen molar-refractivity contribution in [3.63, 3.8) is 0 Å². The number of hydrogen-bond acceptors (Lipinski definition) is 4. The van der Waals surface area contributed by atoms with Gasteiger partial charge in [-0.05, 0) is 44.7 Å². The number of amides is 1. The van der Waals surface area contributed by atoms with Crippen LogP contribution in [-0.4, -0.2) is 49.7 Å². The minimum Gasteiger partial charge on any atom is -0.492 e. The molecule has 0 aromatic heterocycles. The monoisotopic (exact) mass is 460 g/mol. The molecule has 4 rings (SSSR count). The molecule has 6 nitrogen and oxygen atoms in total. The van der Waals surface area contributed by atoms with Crippen molar-refractivity contribution in [2.45, 2.75) is 56.9 Å². The average molecular weight is 461 g/mol. The topological polar surface area (TPSA) is 75.7 Å². The standard InChI is InChI=1S/C24H29FN2O4S/c1-16(2)32(29,30)26-20-10-6-13-27-21(20)15-17-7-5-9-19(24(17)25)18-8-3-4-11-22(18)31-14-12-23(27)28/h3-5,7-9,11,16,20-21,26H,6,10,12-15H2,1-2H3/t20-,21?/m0/s1. The molecule has 8 heteroatoms. The Labute approximate surface area is 188 Å². The fraction of sp³-hybridized carbons (Fsp3) is 0.458. The van der Waals surface area contributed by atoms with Crippen LogP contribution in [0.1, 0.15) is 38.7 Å². The van der Waals surface area contributed by atoms with E-state index >= 15 is 4.39 Å². The van der Waals surface area contributed by atoms with Crippen LogP contribution in [0.5, 0.6) is 5.75 Å². The Morgan fingerprint density at radius 1 is 1.12 bits per heavy atom. The molecule has 2 heterocycles. The van der Waals surface area contributed by atoms with E-state index < -0.39 is 27.4 Å². The smallest absolute Gasteiger partial charge is 0.226 e. The molecule has 2 bridgehead atoms. The van der Waals surface area contributed by atoms with Crippen LogP contribution in [0.15, 0.2) is 42.5 Å². The second-order valence-corrected chi connectivity index (χ2v) is 11.0. The van der Waals surface area contributed by atoms with Crippen molar-refractivity contribution in [2.24, 2.45) is 0 Å². The van der Waals surface area contributed by atoms with Gasteiger partial charge in [0.05, 0.1) is 24.3 Å². The van der Waals surface area contributed by atoms with Crippen LogP contribution in [0.2, 0.25) is 0 Å². The number of nitrogens with one attached hydrogen (secondary N) is 1. The Morgan fingerprint density at radius 3 is 2.66 bits per heavy atom. The molecule has 0 aliphatic carbocycles. The van der Waals surface area contributed by atoms with Gasteiger partial charge in [-0.1, -0.05) is 36.4 Å². The number of hydrogen-bond donors (Lipinski definition) is 1. The Bertz CT molecular complexity index is 1100. The summed E-state index contributed by atoms with van der Waals surface area (Å²) < 4.78 is 49.5. The van der Waals surface area contributed by atoms with E-state index in [1.54, 1.807) is 49.1 Å². The lowest BCUT2D eigenvalue weighted by molar-refractivity contribution is -0.136. The van der Waals surface area contributed by atoms with Crippen molar-refractivity contribution in [3.8, 4) is 16.9 Å². The minimum atomic E-state index is -3.54. The Hall–Kier alpha value is -2.45. The zero-order valence-corrected chi connectivity index (χ0v) is 19.2. The van der Waals surface area contributed by atoms with Crippen LogP contribution in [0, 0.1) is 5.82 Å². The Balaban J connectivity index is 1.78. The zero-order chi connectivity index (χ0) is 22.9. The van der Waals surface area contributed by atoms with E-state index in [0.717, 1.165) is 0 Å². The molecule has 172 valence electrons. The Kier molecular flexibility index (Phi) is 6.53. The van der Waals surface area contributed by atoms with Gasteiger partial charge in [-0.2, -0.15) is 0 Å². The number of piperidine rings is 1. The summed E-state index contributed by atoms with van der Waals surface area (Å²) in [5, 5.41) is -0.593. The molecule has 0 spiro atoms. The third-order valence-corrected chi connectivity index (χ3v) is 8.17. The molecule has 0 radical (unpaired) electrons. The largest absolute Gasteiger partial charge is 0.492 e. The van der Waals surface area contributed by atoms with Gasteiger partial charge in [-0.25, -0.2) is 17.5 Å². The van der Waals surface area contributed by atoms with Crippen molar-refractivity contribution < 1.29 is 22.3 Å². The number of halogens is 1. The lowest BCUT2D eigenvalue weighted by Crippen LogP contribution is -2.58. The molecule has 1 fully saturated rings. The summed E-state index contributed by atoms with van der Waals surface area (Å²) in [6.07, 6.45) is 1.69. The van der Waals surface area contributed by atoms with E-state index in [1.165, 1.54) is 0 Å². The molecule has 2 aromatic rings. The summed E-state index contributed by atoms with van der Waals surface area (Å²) in [5.74, 6) is 0.0558. The zero-order valence-electron chi connectivity index (χ0n) is 18.4. The highest BCUT2D eigenvalue weighted by atomic mass is 32.2. The van der Waals surface area contributed by atoms with Crippen LogP contribution in [0.25, 0.3) is 11.1 Å². The number of carbonyl (C=O) groups excluding carboxylic acids is 1. The van der Waals surface area contributed by atoms with Crippen molar-refractivity contribution in [1.29, 1.82) is 0 Å². The highest BCUT2D eigenvalue weighted by molar-refractivity contribution is 7.90. The molecule has 2 aromatic carbocycles. The number of ether oxygens (including phenoxy) is 1. The van der Waals surface area contributed by atoms with Crippen molar-refractivity contribution in [2.75, 3.05) is 13.2 Å². The molecule has 32 heavy (non-hydrogen) atoms. The average Bonchev–Trinajstić information content (AvgIpc) is 2.76. The van der Waals surface area contributed by atoms with Gasteiger partial charge in [0.25, 0.3) is 0 Å². The Morgan fingerprint density at radius 2 is 1.88 bits per heavy atom. The predicted octanol–water partition coefficient (Wildman–Crippen LogP) is 3.51. The summed E-state index contributed by atoms with van der Waals surface area (Å²) in [6.45, 7) is 3.92. The third kappa shape index (κ3) is 4.52. The normalized spacial score (nSPS) is 21.8. The first-order valence-electron chi connectivity index (χ1n) is 11.1. The third-order valence-electron chi connectivity index (χ3n) is 6.29. The van der Waals surface area contributed by atoms with E-state index in [0.29, 0.717) is 41.8 Å². The van der Waals surface area contributed by atoms with Crippen LogP contribution in [-0.2, 0) is 21.2 Å². The van der Waals surface area contributed by atoms with Gasteiger partial charge < -0.3 is 9.64 Å². The molecule has 1 N–H and O–H groups in total. The first kappa shape index (κ1) is 22.7. The number of nitrogens with zero attached hydrogens (tertiary/aromatic N) is 1. The summed E-state index contributed by atoms with van der Waals surface area (Å²) in [6, 6.07) is 11.5. The maximum absolute atomic E-state index is 15.7. The highest BCUT2D eigenvalue weighted by Gasteiger charge is 2.37. The molecule has 2 aliphatic heterocycles. The van der Waals surface area contributed by atoms with Crippen molar-refractivity contribution in [1.82, 2.24) is 9.62 Å². The van der Waals surface area contributed by atoms with Crippen LogP contribution < -0.4 is 9.46 Å². The number of fused-ring (bicyclic) bond motifs is 5. The minimum absolute atomic E-state index is 0.113. The lowest BCUT2D eigenvalue weighted by Gasteiger charge is -2.42. The van der Waals surface area contributed by atoms with Gasteiger partial charge in [-0.3, -0.25) is 4.79 Å². The number of para-hydroxylation sites is 1. The second kappa shape index (κ2) is 9.19. The molecule has 1 saturated heterocycles. The summed E-state index contributed by atoms with van der Waals surface area (Å²) in [5.41, 5.74) is 1.53. The van der Waals surface area contributed by atoms with Gasteiger partial charge in [0.15, 0.2) is 0 Å². The van der Waals surface area contributed by atoms with E-state index in [9.17, 15) is 13.2 Å². The first-order chi connectivity index (χ1) is 15.3. The molecule has 2 aliphatic rings. The van der Waals surface area contributed by atoms with Crippen LogP contribution >= 0.6 is 0 Å². The molecular weight excluding hydrogens is 431 g/mol. The maximum Gasteiger partial charge on any atom is 0.226 e. The quantitative estimate of drug-likeness (QED) is 0.761. The van der Waals surface area contributed by atoms with Gasteiger partial charge in [0, 0.05) is 23.7 Å². The van der Waals surface area contributed by atoms with E-state index in [1.807, 2.05) is 12.1 Å². The first-order valence-corrected chi connectivity index (χ1v) is 12.6. The highest BCUT2D eigenvalue weighted by Crippen LogP contribution is 2.35. The van der Waals surface area contributed by atoms with Crippen molar-refractivity contribution >= 4 is 15.9 Å². The SMILES string of the molecule is CC(C)S(=O)(=O)N[C@H]1CCCN2C(=O)CCOc3ccccc3-c3cccc(c3F)CC12. The van der Waals surface area contributed by atoms with Gasteiger partial charge in [0.2, 0.25) is 15.9 Å². The fourth-order valence-electron chi connectivity index (χ4n) is 4.48. The summed E-state index contributed by atoms with van der Waals surface area (Å²) in [7, 11) is -3.54. The van der Waals surface area contributed by atoms with E-state index in [4.69, 9.17) is 4.74 Å². The molecular formula is C24H29FN2O4S. The van der Waals surface area contributed by atoms with Gasteiger partial charge >= 0.3 is 0 Å². The maximum atomic E-state index is 15.7. The molecule has 2 atom stereocenters. The lowest BCUT2D eigenvalue weighted by atomic mass is 9.89. The number of benzene rings is 2. The van der Waals surface area contributed by atoms with Crippen LogP contribution in [0.3, 0.4) is 0 Å².